The lowest BCUT2D eigenvalue weighted by Gasteiger charge is -2.19. The summed E-state index contributed by atoms with van der Waals surface area (Å²) >= 11 is 0. The molecule has 1 aliphatic carbocycles. The van der Waals surface area contributed by atoms with E-state index in [1.165, 1.54) is 25.0 Å². The van der Waals surface area contributed by atoms with Gasteiger partial charge in [-0.15, -0.1) is 0 Å². The molecule has 14 heavy (non-hydrogen) atoms. The van der Waals surface area contributed by atoms with Crippen molar-refractivity contribution in [2.24, 2.45) is 11.8 Å². The van der Waals surface area contributed by atoms with Gasteiger partial charge in [0.2, 0.25) is 0 Å². The topological polar surface area (TPSA) is 12.9 Å². The maximum absolute atomic E-state index is 4.48. The van der Waals surface area contributed by atoms with Crippen LogP contribution in [0.4, 0.5) is 0 Å². The summed E-state index contributed by atoms with van der Waals surface area (Å²) in [5.74, 6) is 2.37. The first-order chi connectivity index (χ1) is 6.77. The zero-order valence-electron chi connectivity index (χ0n) is 9.11. The maximum Gasteiger partial charge on any atom is 0.0437 e. The summed E-state index contributed by atoms with van der Waals surface area (Å²) in [5, 5.41) is 0. The molecule has 2 rings (SSSR count). The Bertz CT molecular complexity index is 275. The second kappa shape index (κ2) is 4.12. The van der Waals surface area contributed by atoms with E-state index in [-0.39, 0.29) is 0 Å². The Morgan fingerprint density at radius 3 is 2.64 bits per heavy atom. The molecule has 0 spiro atoms. The molecule has 0 N–H and O–H groups in total. The normalized spacial score (nSPS) is 18.5. The lowest BCUT2D eigenvalue weighted by molar-refractivity contribution is 0.437. The summed E-state index contributed by atoms with van der Waals surface area (Å²) in [6.07, 6.45) is 6.14. The van der Waals surface area contributed by atoms with Gasteiger partial charge in [0.25, 0.3) is 0 Å². The van der Waals surface area contributed by atoms with E-state index in [0.29, 0.717) is 11.8 Å². The summed E-state index contributed by atoms with van der Waals surface area (Å²) in [4.78, 5) is 4.48. The van der Waals surface area contributed by atoms with Crippen molar-refractivity contribution >= 4 is 0 Å². The molecule has 1 heterocycles. The van der Waals surface area contributed by atoms with Crippen molar-refractivity contribution in [2.45, 2.75) is 39.0 Å². The van der Waals surface area contributed by atoms with E-state index < -0.39 is 0 Å². The zero-order valence-corrected chi connectivity index (χ0v) is 9.11. The van der Waals surface area contributed by atoms with Crippen molar-refractivity contribution in [2.75, 3.05) is 0 Å². The average molecular weight is 189 g/mol. The molecule has 0 amide bonds. The van der Waals surface area contributed by atoms with E-state index >= 15 is 0 Å². The lowest BCUT2D eigenvalue weighted by Crippen LogP contribution is -2.09. The van der Waals surface area contributed by atoms with Crippen molar-refractivity contribution in [3.8, 4) is 0 Å². The minimum absolute atomic E-state index is 0.670. The SMILES string of the molecule is CC(C)C(CC1CC1)c1ccccn1. The maximum atomic E-state index is 4.48. The average Bonchev–Trinajstić information content (AvgIpc) is 2.99. The van der Waals surface area contributed by atoms with E-state index in [4.69, 9.17) is 0 Å². The molecule has 1 atom stereocenters. The third kappa shape index (κ3) is 2.34. The fourth-order valence-electron chi connectivity index (χ4n) is 2.04. The summed E-state index contributed by atoms with van der Waals surface area (Å²) < 4.78 is 0. The van der Waals surface area contributed by atoms with Crippen LogP contribution in [0.15, 0.2) is 24.4 Å². The van der Waals surface area contributed by atoms with Crippen LogP contribution in [-0.2, 0) is 0 Å². The van der Waals surface area contributed by atoms with Crippen LogP contribution in [0, 0.1) is 11.8 Å². The van der Waals surface area contributed by atoms with Crippen LogP contribution in [-0.4, -0.2) is 4.98 Å². The van der Waals surface area contributed by atoms with E-state index in [2.05, 4.69) is 31.0 Å². The van der Waals surface area contributed by atoms with E-state index in [1.807, 2.05) is 12.3 Å². The molecule has 0 radical (unpaired) electrons. The predicted molar refractivity (Wildman–Crippen MR) is 59.2 cm³/mol. The molecule has 1 nitrogen and oxygen atoms in total. The van der Waals surface area contributed by atoms with Gasteiger partial charge in [-0.1, -0.05) is 32.8 Å². The summed E-state index contributed by atoms with van der Waals surface area (Å²) in [7, 11) is 0. The van der Waals surface area contributed by atoms with Crippen LogP contribution < -0.4 is 0 Å². The van der Waals surface area contributed by atoms with Gasteiger partial charge in [0.1, 0.15) is 0 Å². The first kappa shape index (κ1) is 9.70. The van der Waals surface area contributed by atoms with Crippen molar-refractivity contribution in [3.05, 3.63) is 30.1 Å². The Labute approximate surface area is 86.6 Å². The molecule has 76 valence electrons. The van der Waals surface area contributed by atoms with Crippen molar-refractivity contribution in [3.63, 3.8) is 0 Å². The quantitative estimate of drug-likeness (QED) is 0.705. The summed E-state index contributed by atoms with van der Waals surface area (Å²) in [6.45, 7) is 4.61. The number of pyridine rings is 1. The number of hydrogen-bond donors (Lipinski definition) is 0. The highest BCUT2D eigenvalue weighted by molar-refractivity contribution is 5.11. The first-order valence-corrected chi connectivity index (χ1v) is 5.68. The molecule has 0 aliphatic heterocycles. The molecule has 0 saturated heterocycles. The monoisotopic (exact) mass is 189 g/mol. The first-order valence-electron chi connectivity index (χ1n) is 5.68. The van der Waals surface area contributed by atoms with Crippen LogP contribution in [0.2, 0.25) is 0 Å². The molecule has 1 aromatic rings. The Morgan fingerprint density at radius 2 is 2.14 bits per heavy atom. The van der Waals surface area contributed by atoms with Crippen LogP contribution in [0.5, 0.6) is 0 Å². The number of aromatic nitrogens is 1. The third-order valence-corrected chi connectivity index (χ3v) is 3.16. The molecule has 1 heteroatoms. The van der Waals surface area contributed by atoms with E-state index in [0.717, 1.165) is 5.92 Å². The van der Waals surface area contributed by atoms with Crippen molar-refractivity contribution in [1.29, 1.82) is 0 Å². The third-order valence-electron chi connectivity index (χ3n) is 3.16. The van der Waals surface area contributed by atoms with Gasteiger partial charge in [0.15, 0.2) is 0 Å². The molecule has 1 aliphatic rings. The van der Waals surface area contributed by atoms with Crippen molar-refractivity contribution in [1.82, 2.24) is 4.98 Å². The lowest BCUT2D eigenvalue weighted by atomic mass is 9.87. The van der Waals surface area contributed by atoms with Gasteiger partial charge in [-0.25, -0.2) is 0 Å². The van der Waals surface area contributed by atoms with Gasteiger partial charge in [0.05, 0.1) is 0 Å². The second-order valence-electron chi connectivity index (χ2n) is 4.78. The molecule has 0 bridgehead atoms. The molecule has 1 fully saturated rings. The Morgan fingerprint density at radius 1 is 1.36 bits per heavy atom. The Hall–Kier alpha value is -0.850. The fourth-order valence-corrected chi connectivity index (χ4v) is 2.04. The van der Waals surface area contributed by atoms with E-state index in [9.17, 15) is 0 Å². The summed E-state index contributed by atoms with van der Waals surface area (Å²) in [6, 6.07) is 6.27. The Kier molecular flexibility index (Phi) is 2.85. The van der Waals surface area contributed by atoms with E-state index in [1.54, 1.807) is 0 Å². The van der Waals surface area contributed by atoms with Gasteiger partial charge in [-0.2, -0.15) is 0 Å². The van der Waals surface area contributed by atoms with Gasteiger partial charge < -0.3 is 0 Å². The minimum atomic E-state index is 0.670. The second-order valence-corrected chi connectivity index (χ2v) is 4.78. The van der Waals surface area contributed by atoms with Gasteiger partial charge >= 0.3 is 0 Å². The van der Waals surface area contributed by atoms with Crippen LogP contribution in [0.25, 0.3) is 0 Å². The molecule has 1 unspecified atom stereocenters. The summed E-state index contributed by atoms with van der Waals surface area (Å²) in [5.41, 5.74) is 1.29. The largest absolute Gasteiger partial charge is 0.261 e. The number of rotatable bonds is 4. The fraction of sp³-hybridized carbons (Fsp3) is 0.615. The standard InChI is InChI=1S/C13H19N/c1-10(2)12(9-11-6-7-11)13-5-3-4-8-14-13/h3-5,8,10-12H,6-7,9H2,1-2H3. The molecule has 1 saturated carbocycles. The smallest absolute Gasteiger partial charge is 0.0437 e. The Balaban J connectivity index is 2.09. The van der Waals surface area contributed by atoms with Crippen LogP contribution in [0.3, 0.4) is 0 Å². The highest BCUT2D eigenvalue weighted by atomic mass is 14.7. The minimum Gasteiger partial charge on any atom is -0.261 e. The molecule has 0 aromatic carbocycles. The molecule has 1 aromatic heterocycles. The number of nitrogens with zero attached hydrogens (tertiary/aromatic N) is 1. The zero-order chi connectivity index (χ0) is 9.97. The molecular weight excluding hydrogens is 170 g/mol. The van der Waals surface area contributed by atoms with Gasteiger partial charge in [-0.3, -0.25) is 4.98 Å². The van der Waals surface area contributed by atoms with Gasteiger partial charge in [0, 0.05) is 17.8 Å². The van der Waals surface area contributed by atoms with Crippen LogP contribution in [0.1, 0.15) is 44.7 Å². The van der Waals surface area contributed by atoms with Crippen LogP contribution >= 0.6 is 0 Å². The predicted octanol–water partition coefficient (Wildman–Crippen LogP) is 3.62. The van der Waals surface area contributed by atoms with Crippen molar-refractivity contribution < 1.29 is 0 Å². The number of hydrogen-bond acceptors (Lipinski definition) is 1. The van der Waals surface area contributed by atoms with Gasteiger partial charge in [-0.05, 0) is 30.4 Å². The molecular formula is C13H19N. The highest BCUT2D eigenvalue weighted by Crippen LogP contribution is 2.40. The highest BCUT2D eigenvalue weighted by Gasteiger charge is 2.28.